The van der Waals surface area contributed by atoms with E-state index in [1.54, 1.807) is 6.33 Å². The third kappa shape index (κ3) is 3.17. The molecule has 2 rings (SSSR count). The van der Waals surface area contributed by atoms with Crippen LogP contribution < -0.4 is 0 Å². The van der Waals surface area contributed by atoms with E-state index in [1.165, 1.54) is 0 Å². The monoisotopic (exact) mass is 263 g/mol. The lowest BCUT2D eigenvalue weighted by Gasteiger charge is -2.37. The Hall–Kier alpha value is -1.32. The molecule has 1 aromatic rings. The molecule has 0 aliphatic carbocycles. The van der Waals surface area contributed by atoms with E-state index in [2.05, 4.69) is 44.6 Å². The van der Waals surface area contributed by atoms with Gasteiger partial charge in [-0.2, -0.15) is 0 Å². The molecular weight excluding hydrogens is 238 g/mol. The molecule has 0 unspecified atom stereocenters. The molecule has 0 atom stereocenters. The van der Waals surface area contributed by atoms with Gasteiger partial charge in [0.1, 0.15) is 0 Å². The molecule has 1 N–H and O–H groups in total. The van der Waals surface area contributed by atoms with Crippen molar-refractivity contribution in [3.8, 4) is 0 Å². The minimum Gasteiger partial charge on any atom is -0.347 e. The molecule has 1 aromatic heterocycles. The van der Waals surface area contributed by atoms with Gasteiger partial charge in [0.2, 0.25) is 5.91 Å². The number of rotatable bonds is 2. The molecule has 0 aromatic carbocycles. The molecule has 19 heavy (non-hydrogen) atoms. The van der Waals surface area contributed by atoms with E-state index < -0.39 is 0 Å². The second-order valence-corrected chi connectivity index (χ2v) is 7.43. The molecule has 1 aliphatic rings. The van der Waals surface area contributed by atoms with Gasteiger partial charge in [-0.25, -0.2) is 4.98 Å². The summed E-state index contributed by atoms with van der Waals surface area (Å²) < 4.78 is 0. The van der Waals surface area contributed by atoms with Crippen molar-refractivity contribution < 1.29 is 4.79 Å². The molecule has 0 spiro atoms. The number of hydrogen-bond acceptors (Lipinski definition) is 2. The lowest BCUT2D eigenvalue weighted by Crippen LogP contribution is -2.44. The van der Waals surface area contributed by atoms with Crippen LogP contribution in [0.5, 0.6) is 0 Å². The van der Waals surface area contributed by atoms with Crippen LogP contribution in [0.3, 0.4) is 0 Å². The summed E-state index contributed by atoms with van der Waals surface area (Å²) in [5, 5.41) is 0. The Labute approximate surface area is 115 Å². The van der Waals surface area contributed by atoms with Gasteiger partial charge >= 0.3 is 0 Å². The van der Waals surface area contributed by atoms with Gasteiger partial charge in [-0.05, 0) is 11.8 Å². The lowest BCUT2D eigenvalue weighted by atomic mass is 9.75. The normalized spacial score (nSPS) is 16.4. The maximum atomic E-state index is 12.7. The molecule has 0 radical (unpaired) electrons. The van der Waals surface area contributed by atoms with E-state index in [1.807, 2.05) is 4.90 Å². The quantitative estimate of drug-likeness (QED) is 0.892. The summed E-state index contributed by atoms with van der Waals surface area (Å²) in [7, 11) is 0. The smallest absolute Gasteiger partial charge is 0.228 e. The van der Waals surface area contributed by atoms with Crippen LogP contribution in [0.1, 0.15) is 52.4 Å². The predicted octanol–water partition coefficient (Wildman–Crippen LogP) is 2.76. The molecule has 4 heteroatoms. The molecular formula is C15H25N3O. The summed E-state index contributed by atoms with van der Waals surface area (Å²) in [5.41, 5.74) is 2.05. The summed E-state index contributed by atoms with van der Waals surface area (Å²) in [5.74, 6) is 0.252. The maximum Gasteiger partial charge on any atom is 0.228 e. The minimum atomic E-state index is -0.310. The van der Waals surface area contributed by atoms with Gasteiger partial charge in [-0.15, -0.1) is 0 Å². The predicted molar refractivity (Wildman–Crippen MR) is 75.6 cm³/mol. The number of fused-ring (bicyclic) bond motifs is 1. The molecule has 1 amide bonds. The van der Waals surface area contributed by atoms with Gasteiger partial charge in [0.05, 0.1) is 24.3 Å². The van der Waals surface area contributed by atoms with E-state index in [9.17, 15) is 4.79 Å². The highest BCUT2D eigenvalue weighted by molar-refractivity contribution is 5.82. The first-order chi connectivity index (χ1) is 8.69. The molecule has 1 aliphatic heterocycles. The van der Waals surface area contributed by atoms with Gasteiger partial charge < -0.3 is 9.88 Å². The summed E-state index contributed by atoms with van der Waals surface area (Å²) in [6, 6.07) is 0. The van der Waals surface area contributed by atoms with Crippen molar-refractivity contribution >= 4 is 5.91 Å². The number of nitrogens with zero attached hydrogens (tertiary/aromatic N) is 2. The first-order valence-corrected chi connectivity index (χ1v) is 6.99. The van der Waals surface area contributed by atoms with Crippen LogP contribution in [0.2, 0.25) is 0 Å². The molecule has 0 saturated heterocycles. The fourth-order valence-electron chi connectivity index (χ4n) is 3.22. The van der Waals surface area contributed by atoms with Crippen molar-refractivity contribution in [3.05, 3.63) is 17.7 Å². The molecule has 0 bridgehead atoms. The SMILES string of the molecule is CC(C)(C)CC(C)(C)C(=O)N1CCc2nc[nH]c2C1. The zero-order chi connectivity index (χ0) is 14.3. The summed E-state index contributed by atoms with van der Waals surface area (Å²) in [6.45, 7) is 12.1. The summed E-state index contributed by atoms with van der Waals surface area (Å²) >= 11 is 0. The van der Waals surface area contributed by atoms with Crippen LogP contribution in [0.25, 0.3) is 0 Å². The number of aromatic amines is 1. The highest BCUT2D eigenvalue weighted by Gasteiger charge is 2.36. The Morgan fingerprint density at radius 2 is 2.05 bits per heavy atom. The second-order valence-electron chi connectivity index (χ2n) is 7.43. The summed E-state index contributed by atoms with van der Waals surface area (Å²) in [4.78, 5) is 22.1. The summed E-state index contributed by atoms with van der Waals surface area (Å²) in [6.07, 6.45) is 3.47. The minimum absolute atomic E-state index is 0.161. The van der Waals surface area contributed by atoms with Gasteiger partial charge in [-0.1, -0.05) is 34.6 Å². The molecule has 2 heterocycles. The van der Waals surface area contributed by atoms with E-state index in [4.69, 9.17) is 0 Å². The fraction of sp³-hybridized carbons (Fsp3) is 0.733. The Morgan fingerprint density at radius 3 is 2.68 bits per heavy atom. The first-order valence-electron chi connectivity index (χ1n) is 6.99. The highest BCUT2D eigenvalue weighted by Crippen LogP contribution is 2.35. The standard InChI is InChI=1S/C15H25N3O/c1-14(2,3)9-15(4,5)13(19)18-7-6-11-12(8-18)17-10-16-11/h10H,6-9H2,1-5H3,(H,16,17). The van der Waals surface area contributed by atoms with E-state index >= 15 is 0 Å². The molecule has 106 valence electrons. The van der Waals surface area contributed by atoms with Crippen molar-refractivity contribution in [3.63, 3.8) is 0 Å². The van der Waals surface area contributed by atoms with Crippen LogP contribution in [-0.2, 0) is 17.8 Å². The number of hydrogen-bond donors (Lipinski definition) is 1. The van der Waals surface area contributed by atoms with Crippen LogP contribution in [0.4, 0.5) is 0 Å². The number of nitrogens with one attached hydrogen (secondary N) is 1. The van der Waals surface area contributed by atoms with Crippen molar-refractivity contribution in [1.29, 1.82) is 0 Å². The van der Waals surface area contributed by atoms with E-state index in [0.717, 1.165) is 30.8 Å². The maximum absolute atomic E-state index is 12.7. The zero-order valence-corrected chi connectivity index (χ0v) is 12.7. The lowest BCUT2D eigenvalue weighted by molar-refractivity contribution is -0.143. The average Bonchev–Trinajstić information content (AvgIpc) is 2.71. The Morgan fingerprint density at radius 1 is 1.37 bits per heavy atom. The van der Waals surface area contributed by atoms with Gasteiger partial charge in [-0.3, -0.25) is 4.79 Å². The highest BCUT2D eigenvalue weighted by atomic mass is 16.2. The Balaban J connectivity index is 2.09. The third-order valence-corrected chi connectivity index (χ3v) is 3.61. The number of amides is 1. The average molecular weight is 263 g/mol. The van der Waals surface area contributed by atoms with Gasteiger partial charge in [0.15, 0.2) is 0 Å². The number of carbonyl (C=O) groups excluding carboxylic acids is 1. The van der Waals surface area contributed by atoms with E-state index in [-0.39, 0.29) is 16.7 Å². The van der Waals surface area contributed by atoms with Gasteiger partial charge in [0, 0.05) is 18.4 Å². The van der Waals surface area contributed by atoms with Crippen molar-refractivity contribution in [2.24, 2.45) is 10.8 Å². The van der Waals surface area contributed by atoms with Crippen molar-refractivity contribution in [2.75, 3.05) is 6.54 Å². The number of aromatic nitrogens is 2. The van der Waals surface area contributed by atoms with Crippen LogP contribution >= 0.6 is 0 Å². The van der Waals surface area contributed by atoms with Crippen molar-refractivity contribution in [2.45, 2.75) is 54.0 Å². The zero-order valence-electron chi connectivity index (χ0n) is 12.7. The van der Waals surface area contributed by atoms with Gasteiger partial charge in [0.25, 0.3) is 0 Å². The number of H-pyrrole nitrogens is 1. The molecule has 0 saturated carbocycles. The Kier molecular flexibility index (Phi) is 3.45. The first kappa shape index (κ1) is 14.1. The third-order valence-electron chi connectivity index (χ3n) is 3.61. The largest absolute Gasteiger partial charge is 0.347 e. The van der Waals surface area contributed by atoms with Crippen LogP contribution in [0.15, 0.2) is 6.33 Å². The fourth-order valence-corrected chi connectivity index (χ4v) is 3.22. The Bertz CT molecular complexity index is 468. The topological polar surface area (TPSA) is 49.0 Å². The van der Waals surface area contributed by atoms with Crippen LogP contribution in [0, 0.1) is 10.8 Å². The number of carbonyl (C=O) groups is 1. The number of imidazole rings is 1. The van der Waals surface area contributed by atoms with Crippen LogP contribution in [-0.4, -0.2) is 27.3 Å². The van der Waals surface area contributed by atoms with Crippen molar-refractivity contribution in [1.82, 2.24) is 14.9 Å². The van der Waals surface area contributed by atoms with E-state index in [0.29, 0.717) is 6.54 Å². The molecule has 0 fully saturated rings. The second kappa shape index (κ2) is 4.66. The molecule has 4 nitrogen and oxygen atoms in total.